The molecule has 0 unspecified atom stereocenters. The number of aryl methyl sites for hydroxylation is 1. The molecule has 0 bridgehead atoms. The van der Waals surface area contributed by atoms with Gasteiger partial charge in [-0.25, -0.2) is 9.97 Å². The predicted octanol–water partition coefficient (Wildman–Crippen LogP) is 1.72. The van der Waals surface area contributed by atoms with Crippen LogP contribution in [0.2, 0.25) is 0 Å². The van der Waals surface area contributed by atoms with Crippen molar-refractivity contribution < 1.29 is 4.79 Å². The lowest BCUT2D eigenvalue weighted by Gasteiger charge is -2.35. The first kappa shape index (κ1) is 13.0. The molecule has 21 heavy (non-hydrogen) atoms. The van der Waals surface area contributed by atoms with Crippen molar-refractivity contribution in [3.63, 3.8) is 0 Å². The highest BCUT2D eigenvalue weighted by atomic mass is 16.2. The summed E-state index contributed by atoms with van der Waals surface area (Å²) in [4.78, 5) is 25.7. The lowest BCUT2D eigenvalue weighted by molar-refractivity contribution is -0.132. The molecule has 1 amide bonds. The van der Waals surface area contributed by atoms with Crippen molar-refractivity contribution in [3.05, 3.63) is 17.6 Å². The van der Waals surface area contributed by atoms with Crippen LogP contribution in [0.15, 0.2) is 6.07 Å². The zero-order valence-electron chi connectivity index (χ0n) is 12.6. The van der Waals surface area contributed by atoms with Crippen LogP contribution < -0.4 is 4.90 Å². The Bertz CT molecular complexity index is 557. The monoisotopic (exact) mass is 286 g/mol. The Morgan fingerprint density at radius 2 is 1.81 bits per heavy atom. The van der Waals surface area contributed by atoms with E-state index in [1.807, 2.05) is 11.8 Å². The number of carbonyl (C=O) groups is 1. The van der Waals surface area contributed by atoms with E-state index in [1.54, 1.807) is 0 Å². The molecule has 1 aromatic heterocycles. The minimum Gasteiger partial charge on any atom is -0.353 e. The summed E-state index contributed by atoms with van der Waals surface area (Å²) in [5.41, 5.74) is 1.05. The van der Waals surface area contributed by atoms with Gasteiger partial charge >= 0.3 is 0 Å². The fourth-order valence-electron chi connectivity index (χ4n) is 3.00. The largest absolute Gasteiger partial charge is 0.353 e. The summed E-state index contributed by atoms with van der Waals surface area (Å²) >= 11 is 0. The first-order valence-corrected chi connectivity index (χ1v) is 8.10. The molecule has 3 fully saturated rings. The van der Waals surface area contributed by atoms with Gasteiger partial charge in [0.05, 0.1) is 0 Å². The van der Waals surface area contributed by atoms with Gasteiger partial charge in [-0.05, 0) is 32.6 Å². The molecule has 0 spiro atoms. The lowest BCUT2D eigenvalue weighted by atomic mass is 10.2. The van der Waals surface area contributed by atoms with Crippen LogP contribution in [0, 0.1) is 12.8 Å². The van der Waals surface area contributed by atoms with E-state index in [0.717, 1.165) is 56.4 Å². The average molecular weight is 286 g/mol. The number of aromatic nitrogens is 2. The molecule has 2 heterocycles. The molecule has 2 aliphatic carbocycles. The van der Waals surface area contributed by atoms with E-state index < -0.39 is 0 Å². The van der Waals surface area contributed by atoms with Crippen molar-refractivity contribution in [2.75, 3.05) is 31.1 Å². The summed E-state index contributed by atoms with van der Waals surface area (Å²) in [6, 6.07) is 2.07. The third-order valence-corrected chi connectivity index (χ3v) is 4.64. The summed E-state index contributed by atoms with van der Waals surface area (Å²) in [6.07, 6.45) is 4.64. The van der Waals surface area contributed by atoms with Gasteiger partial charge in [0.2, 0.25) is 5.91 Å². The van der Waals surface area contributed by atoms with E-state index >= 15 is 0 Å². The quantitative estimate of drug-likeness (QED) is 0.849. The van der Waals surface area contributed by atoms with E-state index in [9.17, 15) is 4.79 Å². The maximum Gasteiger partial charge on any atom is 0.225 e. The average Bonchev–Trinajstić information content (AvgIpc) is 3.39. The van der Waals surface area contributed by atoms with Gasteiger partial charge in [0.1, 0.15) is 11.6 Å². The van der Waals surface area contributed by atoms with Crippen molar-refractivity contribution in [1.82, 2.24) is 14.9 Å². The van der Waals surface area contributed by atoms with E-state index in [0.29, 0.717) is 17.7 Å². The van der Waals surface area contributed by atoms with Gasteiger partial charge in [0.15, 0.2) is 0 Å². The number of nitrogens with zero attached hydrogens (tertiary/aromatic N) is 4. The Balaban J connectivity index is 1.44. The van der Waals surface area contributed by atoms with E-state index in [1.165, 1.54) is 12.8 Å². The van der Waals surface area contributed by atoms with Crippen molar-refractivity contribution in [2.24, 2.45) is 5.92 Å². The molecule has 0 N–H and O–H groups in total. The van der Waals surface area contributed by atoms with E-state index in [4.69, 9.17) is 4.98 Å². The second-order valence-corrected chi connectivity index (χ2v) is 6.59. The van der Waals surface area contributed by atoms with Gasteiger partial charge in [-0.3, -0.25) is 4.79 Å². The molecule has 1 saturated heterocycles. The summed E-state index contributed by atoms with van der Waals surface area (Å²) in [5, 5.41) is 0. The molecule has 5 nitrogen and oxygen atoms in total. The van der Waals surface area contributed by atoms with Crippen molar-refractivity contribution in [3.8, 4) is 0 Å². The second-order valence-electron chi connectivity index (χ2n) is 6.59. The van der Waals surface area contributed by atoms with Crippen molar-refractivity contribution in [1.29, 1.82) is 0 Å². The Kier molecular flexibility index (Phi) is 3.08. The van der Waals surface area contributed by atoms with Crippen LogP contribution >= 0.6 is 0 Å². The van der Waals surface area contributed by atoms with Gasteiger partial charge < -0.3 is 9.80 Å². The normalized spacial score (nSPS) is 22.5. The molecular weight excluding hydrogens is 264 g/mol. The zero-order valence-corrected chi connectivity index (χ0v) is 12.6. The minimum absolute atomic E-state index is 0.333. The maximum absolute atomic E-state index is 12.1. The molecule has 112 valence electrons. The number of rotatable bonds is 3. The Labute approximate surface area is 125 Å². The molecule has 5 heteroatoms. The molecular formula is C16H22N4O. The Hall–Kier alpha value is -1.65. The van der Waals surface area contributed by atoms with Crippen LogP contribution in [0.5, 0.6) is 0 Å². The topological polar surface area (TPSA) is 49.3 Å². The minimum atomic E-state index is 0.333. The molecule has 0 atom stereocenters. The smallest absolute Gasteiger partial charge is 0.225 e. The summed E-state index contributed by atoms with van der Waals surface area (Å²) in [5.74, 6) is 3.34. The number of hydrogen-bond acceptors (Lipinski definition) is 4. The van der Waals surface area contributed by atoms with Crippen LogP contribution in [0.25, 0.3) is 0 Å². The van der Waals surface area contributed by atoms with Crippen LogP contribution in [-0.4, -0.2) is 47.0 Å². The summed E-state index contributed by atoms with van der Waals surface area (Å²) in [7, 11) is 0. The zero-order chi connectivity index (χ0) is 14.4. The van der Waals surface area contributed by atoms with Crippen LogP contribution in [-0.2, 0) is 4.79 Å². The SMILES string of the molecule is Cc1cc(N2CCN(C(=O)C3CC3)CC2)nc(C2CC2)n1. The second kappa shape index (κ2) is 4.97. The third kappa shape index (κ3) is 2.74. The first-order valence-electron chi connectivity index (χ1n) is 8.10. The molecule has 0 radical (unpaired) electrons. The number of hydrogen-bond donors (Lipinski definition) is 0. The fourth-order valence-corrected chi connectivity index (χ4v) is 3.00. The van der Waals surface area contributed by atoms with E-state index in [-0.39, 0.29) is 0 Å². The Morgan fingerprint density at radius 1 is 1.10 bits per heavy atom. The molecule has 3 aliphatic rings. The highest BCUT2D eigenvalue weighted by Crippen LogP contribution is 2.38. The van der Waals surface area contributed by atoms with Crippen LogP contribution in [0.1, 0.15) is 43.1 Å². The van der Waals surface area contributed by atoms with Gasteiger partial charge in [-0.1, -0.05) is 0 Å². The van der Waals surface area contributed by atoms with Crippen LogP contribution in [0.3, 0.4) is 0 Å². The van der Waals surface area contributed by atoms with Crippen molar-refractivity contribution >= 4 is 11.7 Å². The third-order valence-electron chi connectivity index (χ3n) is 4.64. The lowest BCUT2D eigenvalue weighted by Crippen LogP contribution is -2.49. The van der Waals surface area contributed by atoms with Gasteiger partial charge in [-0.2, -0.15) is 0 Å². The predicted molar refractivity (Wildman–Crippen MR) is 80.3 cm³/mol. The number of piperazine rings is 1. The highest BCUT2D eigenvalue weighted by Gasteiger charge is 2.35. The molecule has 1 aromatic rings. The van der Waals surface area contributed by atoms with Gasteiger partial charge in [0, 0.05) is 49.8 Å². The number of carbonyl (C=O) groups excluding carboxylic acids is 1. The number of amides is 1. The number of anilines is 1. The maximum atomic E-state index is 12.1. The van der Waals surface area contributed by atoms with Gasteiger partial charge in [0.25, 0.3) is 0 Å². The molecule has 2 saturated carbocycles. The molecule has 4 rings (SSSR count). The fraction of sp³-hybridized carbons (Fsp3) is 0.688. The highest BCUT2D eigenvalue weighted by molar-refractivity contribution is 5.81. The molecule has 0 aromatic carbocycles. The first-order chi connectivity index (χ1) is 10.2. The summed E-state index contributed by atoms with van der Waals surface area (Å²) in [6.45, 7) is 5.48. The van der Waals surface area contributed by atoms with E-state index in [2.05, 4.69) is 16.0 Å². The summed E-state index contributed by atoms with van der Waals surface area (Å²) < 4.78 is 0. The standard InChI is InChI=1S/C16H22N4O/c1-11-10-14(18-15(17-11)12-2-3-12)19-6-8-20(9-7-19)16(21)13-4-5-13/h10,12-13H,2-9H2,1H3. The van der Waals surface area contributed by atoms with Gasteiger partial charge in [-0.15, -0.1) is 0 Å². The van der Waals surface area contributed by atoms with Crippen LogP contribution in [0.4, 0.5) is 5.82 Å². The van der Waals surface area contributed by atoms with Crippen molar-refractivity contribution in [2.45, 2.75) is 38.5 Å². The molecule has 1 aliphatic heterocycles. The Morgan fingerprint density at radius 3 is 2.43 bits per heavy atom.